The Labute approximate surface area is 102 Å². The quantitative estimate of drug-likeness (QED) is 0.768. The van der Waals surface area contributed by atoms with E-state index in [0.717, 1.165) is 18.4 Å². The monoisotopic (exact) mass is 233 g/mol. The lowest BCUT2D eigenvalue weighted by Crippen LogP contribution is -2.32. The number of aromatic hydroxyl groups is 1. The van der Waals surface area contributed by atoms with Crippen molar-refractivity contribution in [1.82, 2.24) is 5.32 Å². The highest BCUT2D eigenvalue weighted by Crippen LogP contribution is 2.10. The molecular formula is C14H19NO2. The van der Waals surface area contributed by atoms with E-state index in [9.17, 15) is 4.79 Å². The molecule has 1 amide bonds. The summed E-state index contributed by atoms with van der Waals surface area (Å²) in [4.78, 5) is 11.6. The molecule has 0 saturated carbocycles. The number of phenols is 1. The molecule has 0 aliphatic heterocycles. The Hall–Kier alpha value is -1.77. The van der Waals surface area contributed by atoms with Gasteiger partial charge in [-0.05, 0) is 36.6 Å². The first-order valence-electron chi connectivity index (χ1n) is 5.93. The van der Waals surface area contributed by atoms with Gasteiger partial charge in [0.25, 0.3) is 0 Å². The number of hydrogen-bond donors (Lipinski definition) is 2. The second kappa shape index (κ2) is 6.74. The molecule has 0 aliphatic rings. The first kappa shape index (κ1) is 13.3. The van der Waals surface area contributed by atoms with Gasteiger partial charge in [0.2, 0.25) is 5.91 Å². The average molecular weight is 233 g/mol. The van der Waals surface area contributed by atoms with Gasteiger partial charge in [0.05, 0.1) is 0 Å². The van der Waals surface area contributed by atoms with Gasteiger partial charge in [-0.1, -0.05) is 26.0 Å². The summed E-state index contributed by atoms with van der Waals surface area (Å²) in [5.74, 6) is 0.149. The van der Waals surface area contributed by atoms with Gasteiger partial charge in [-0.15, -0.1) is 0 Å². The molecule has 1 rings (SSSR count). The van der Waals surface area contributed by atoms with E-state index in [2.05, 4.69) is 19.2 Å². The number of hydrogen-bond acceptors (Lipinski definition) is 2. The van der Waals surface area contributed by atoms with Gasteiger partial charge in [0.1, 0.15) is 5.75 Å². The van der Waals surface area contributed by atoms with Gasteiger partial charge in [0.15, 0.2) is 0 Å². The normalized spacial score (nSPS) is 11.0. The van der Waals surface area contributed by atoms with Crippen LogP contribution in [0.5, 0.6) is 5.75 Å². The molecule has 0 spiro atoms. The number of rotatable bonds is 5. The molecule has 2 N–H and O–H groups in total. The topological polar surface area (TPSA) is 49.3 Å². The smallest absolute Gasteiger partial charge is 0.244 e. The zero-order valence-electron chi connectivity index (χ0n) is 10.3. The lowest BCUT2D eigenvalue weighted by molar-refractivity contribution is -0.117. The number of carbonyl (C=O) groups excluding carboxylic acids is 1. The molecule has 0 atom stereocenters. The Balaban J connectivity index is 2.53. The first-order chi connectivity index (χ1) is 8.15. The summed E-state index contributed by atoms with van der Waals surface area (Å²) in [6.07, 6.45) is 5.13. The average Bonchev–Trinajstić information content (AvgIpc) is 2.35. The molecule has 0 fully saturated rings. The van der Waals surface area contributed by atoms with Crippen LogP contribution in [0.2, 0.25) is 0 Å². The Morgan fingerprint density at radius 1 is 1.29 bits per heavy atom. The summed E-state index contributed by atoms with van der Waals surface area (Å²) in [5.41, 5.74) is 0.891. The number of phenolic OH excluding ortho intramolecular Hbond substituents is 1. The second-order valence-electron chi connectivity index (χ2n) is 3.95. The van der Waals surface area contributed by atoms with Crippen molar-refractivity contribution in [3.8, 4) is 5.75 Å². The zero-order valence-corrected chi connectivity index (χ0v) is 10.3. The van der Waals surface area contributed by atoms with Gasteiger partial charge in [-0.3, -0.25) is 4.79 Å². The molecule has 0 heterocycles. The Bertz CT molecular complexity index is 378. The van der Waals surface area contributed by atoms with Crippen LogP contribution in [0.1, 0.15) is 32.3 Å². The fourth-order valence-electron chi connectivity index (χ4n) is 1.50. The summed E-state index contributed by atoms with van der Waals surface area (Å²) in [5, 5.41) is 12.0. The van der Waals surface area contributed by atoms with Crippen molar-refractivity contribution < 1.29 is 9.90 Å². The minimum atomic E-state index is -0.0771. The van der Waals surface area contributed by atoms with Crippen LogP contribution in [0, 0.1) is 0 Å². The summed E-state index contributed by atoms with van der Waals surface area (Å²) in [6.45, 7) is 4.11. The molecule has 0 aliphatic carbocycles. The Morgan fingerprint density at radius 3 is 2.41 bits per heavy atom. The number of benzene rings is 1. The van der Waals surface area contributed by atoms with Crippen LogP contribution < -0.4 is 5.32 Å². The zero-order chi connectivity index (χ0) is 12.7. The van der Waals surface area contributed by atoms with Crippen molar-refractivity contribution in [2.75, 3.05) is 0 Å². The summed E-state index contributed by atoms with van der Waals surface area (Å²) >= 11 is 0. The lowest BCUT2D eigenvalue weighted by Gasteiger charge is -2.12. The Morgan fingerprint density at radius 2 is 1.88 bits per heavy atom. The van der Waals surface area contributed by atoms with Gasteiger partial charge in [-0.25, -0.2) is 0 Å². The number of nitrogens with one attached hydrogen (secondary N) is 1. The maximum Gasteiger partial charge on any atom is 0.244 e. The third-order valence-electron chi connectivity index (χ3n) is 2.65. The maximum atomic E-state index is 11.6. The SMILES string of the molecule is CCC(CC)NC(=O)C=Cc1ccc(O)cc1. The molecule has 3 nitrogen and oxygen atoms in total. The third kappa shape index (κ3) is 4.72. The molecule has 0 saturated heterocycles. The van der Waals surface area contributed by atoms with Crippen molar-refractivity contribution in [2.24, 2.45) is 0 Å². The third-order valence-corrected chi connectivity index (χ3v) is 2.65. The first-order valence-corrected chi connectivity index (χ1v) is 5.93. The van der Waals surface area contributed by atoms with Crippen LogP contribution in [0.25, 0.3) is 6.08 Å². The van der Waals surface area contributed by atoms with Crippen molar-refractivity contribution >= 4 is 12.0 Å². The summed E-state index contributed by atoms with van der Waals surface area (Å²) in [6, 6.07) is 6.95. The van der Waals surface area contributed by atoms with Gasteiger partial charge in [0, 0.05) is 12.1 Å². The Kier molecular flexibility index (Phi) is 5.27. The van der Waals surface area contributed by atoms with E-state index in [4.69, 9.17) is 5.11 Å². The van der Waals surface area contributed by atoms with Gasteiger partial charge in [-0.2, -0.15) is 0 Å². The van der Waals surface area contributed by atoms with Crippen molar-refractivity contribution in [3.05, 3.63) is 35.9 Å². The molecule has 0 aromatic heterocycles. The molecule has 1 aromatic rings. The fraction of sp³-hybridized carbons (Fsp3) is 0.357. The molecular weight excluding hydrogens is 214 g/mol. The van der Waals surface area contributed by atoms with E-state index in [0.29, 0.717) is 0 Å². The van der Waals surface area contributed by atoms with E-state index < -0.39 is 0 Å². The van der Waals surface area contributed by atoms with E-state index in [1.54, 1.807) is 30.3 Å². The van der Waals surface area contributed by atoms with E-state index in [1.165, 1.54) is 6.08 Å². The van der Waals surface area contributed by atoms with Crippen LogP contribution >= 0.6 is 0 Å². The van der Waals surface area contributed by atoms with Crippen LogP contribution in [0.4, 0.5) is 0 Å². The second-order valence-corrected chi connectivity index (χ2v) is 3.95. The summed E-state index contributed by atoms with van der Waals surface area (Å²) < 4.78 is 0. The van der Waals surface area contributed by atoms with Crippen LogP contribution in [-0.2, 0) is 4.79 Å². The minimum absolute atomic E-state index is 0.0771. The lowest BCUT2D eigenvalue weighted by atomic mass is 10.1. The molecule has 0 radical (unpaired) electrons. The molecule has 0 unspecified atom stereocenters. The standard InChI is InChI=1S/C14H19NO2/c1-3-12(4-2)15-14(17)10-7-11-5-8-13(16)9-6-11/h5-10,12,16H,3-4H2,1-2H3,(H,15,17). The predicted molar refractivity (Wildman–Crippen MR) is 69.7 cm³/mol. The highest BCUT2D eigenvalue weighted by atomic mass is 16.3. The summed E-state index contributed by atoms with van der Waals surface area (Å²) in [7, 11) is 0. The van der Waals surface area contributed by atoms with Gasteiger partial charge < -0.3 is 10.4 Å². The highest BCUT2D eigenvalue weighted by molar-refractivity contribution is 5.91. The molecule has 92 valence electrons. The van der Waals surface area contributed by atoms with Crippen LogP contribution in [0.3, 0.4) is 0 Å². The molecule has 17 heavy (non-hydrogen) atoms. The minimum Gasteiger partial charge on any atom is -0.508 e. The van der Waals surface area contributed by atoms with Crippen molar-refractivity contribution in [2.45, 2.75) is 32.7 Å². The predicted octanol–water partition coefficient (Wildman–Crippen LogP) is 2.71. The largest absolute Gasteiger partial charge is 0.508 e. The van der Waals surface area contributed by atoms with E-state index >= 15 is 0 Å². The number of amides is 1. The number of carbonyl (C=O) groups is 1. The maximum absolute atomic E-state index is 11.6. The van der Waals surface area contributed by atoms with Crippen molar-refractivity contribution in [3.63, 3.8) is 0 Å². The van der Waals surface area contributed by atoms with E-state index in [1.807, 2.05) is 0 Å². The van der Waals surface area contributed by atoms with Gasteiger partial charge >= 0.3 is 0 Å². The molecule has 0 bridgehead atoms. The van der Waals surface area contributed by atoms with E-state index in [-0.39, 0.29) is 17.7 Å². The van der Waals surface area contributed by atoms with Crippen LogP contribution in [-0.4, -0.2) is 17.1 Å². The highest BCUT2D eigenvalue weighted by Gasteiger charge is 2.04. The molecule has 1 aromatic carbocycles. The fourth-order valence-corrected chi connectivity index (χ4v) is 1.50. The van der Waals surface area contributed by atoms with Crippen molar-refractivity contribution in [1.29, 1.82) is 0 Å². The molecule has 3 heteroatoms. The van der Waals surface area contributed by atoms with Crippen LogP contribution in [0.15, 0.2) is 30.3 Å².